The fourth-order valence-electron chi connectivity index (χ4n) is 3.84. The molecule has 2 heterocycles. The van der Waals surface area contributed by atoms with Crippen LogP contribution in [0.1, 0.15) is 26.5 Å². The number of nitrogens with one attached hydrogen (secondary N) is 1. The first-order valence-electron chi connectivity index (χ1n) is 10.9. The van der Waals surface area contributed by atoms with E-state index in [1.807, 2.05) is 68.1 Å². The van der Waals surface area contributed by atoms with Crippen LogP contribution in [0.2, 0.25) is 5.02 Å². The molecule has 4 rings (SSSR count). The van der Waals surface area contributed by atoms with Gasteiger partial charge in [-0.05, 0) is 50.1 Å². The number of halogens is 1. The van der Waals surface area contributed by atoms with E-state index < -0.39 is 0 Å². The third-order valence-corrected chi connectivity index (χ3v) is 7.43. The Hall–Kier alpha value is -2.74. The first-order valence-corrected chi connectivity index (χ1v) is 12.1. The number of hydrogen-bond acceptors (Lipinski definition) is 5. The highest BCUT2D eigenvalue weighted by Gasteiger charge is 2.26. The Morgan fingerprint density at radius 3 is 2.42 bits per heavy atom. The molecule has 0 bridgehead atoms. The van der Waals surface area contributed by atoms with Crippen LogP contribution in [0.15, 0.2) is 42.5 Å². The third-order valence-electron chi connectivity index (χ3n) is 5.99. The van der Waals surface area contributed by atoms with Gasteiger partial charge in [0.15, 0.2) is 0 Å². The van der Waals surface area contributed by atoms with Crippen LogP contribution in [0.5, 0.6) is 0 Å². The Balaban J connectivity index is 1.33. The molecule has 2 aromatic carbocycles. The van der Waals surface area contributed by atoms with Gasteiger partial charge in [0.1, 0.15) is 9.88 Å². The monoisotopic (exact) mass is 482 g/mol. The Bertz CT molecular complexity index is 1170. The summed E-state index contributed by atoms with van der Waals surface area (Å²) in [5, 5.41) is 4.50. The van der Waals surface area contributed by atoms with Crippen molar-refractivity contribution in [1.29, 1.82) is 0 Å². The predicted molar refractivity (Wildman–Crippen MR) is 134 cm³/mol. The van der Waals surface area contributed by atoms with Crippen LogP contribution in [0, 0.1) is 20.8 Å². The standard InChI is InChI=1S/C25H27ClN4O2S/c1-16-5-4-6-21(17(16)2)28-22(31)15-29-11-13-30(14-12-29)25(32)23-18(3)27-24(33-23)19-7-9-20(26)10-8-19/h4-10H,11-15H2,1-3H3,(H,28,31). The van der Waals surface area contributed by atoms with Gasteiger partial charge in [-0.1, -0.05) is 35.9 Å². The summed E-state index contributed by atoms with van der Waals surface area (Å²) in [6, 6.07) is 13.4. The number of piperazine rings is 1. The fourth-order valence-corrected chi connectivity index (χ4v) is 5.01. The highest BCUT2D eigenvalue weighted by molar-refractivity contribution is 7.17. The largest absolute Gasteiger partial charge is 0.335 e. The van der Waals surface area contributed by atoms with Gasteiger partial charge in [-0.25, -0.2) is 4.98 Å². The van der Waals surface area contributed by atoms with Crippen molar-refractivity contribution in [2.75, 3.05) is 38.0 Å². The van der Waals surface area contributed by atoms with Gasteiger partial charge in [-0.3, -0.25) is 14.5 Å². The topological polar surface area (TPSA) is 65.5 Å². The van der Waals surface area contributed by atoms with Crippen molar-refractivity contribution in [3.8, 4) is 10.6 Å². The summed E-state index contributed by atoms with van der Waals surface area (Å²) in [6.45, 7) is 8.72. The summed E-state index contributed by atoms with van der Waals surface area (Å²) in [4.78, 5) is 34.9. The fraction of sp³-hybridized carbons (Fsp3) is 0.320. The molecule has 33 heavy (non-hydrogen) atoms. The molecule has 8 heteroatoms. The first-order chi connectivity index (χ1) is 15.8. The minimum atomic E-state index is -0.0330. The van der Waals surface area contributed by atoms with E-state index in [1.165, 1.54) is 11.3 Å². The number of benzene rings is 2. The van der Waals surface area contributed by atoms with Gasteiger partial charge in [-0.15, -0.1) is 11.3 Å². The van der Waals surface area contributed by atoms with Crippen molar-refractivity contribution >= 4 is 40.4 Å². The van der Waals surface area contributed by atoms with Crippen LogP contribution < -0.4 is 5.32 Å². The SMILES string of the molecule is Cc1cccc(NC(=O)CN2CCN(C(=O)c3sc(-c4ccc(Cl)cc4)nc3C)CC2)c1C. The molecular formula is C25H27ClN4O2S. The van der Waals surface area contributed by atoms with Crippen LogP contribution in [0.25, 0.3) is 10.6 Å². The average Bonchev–Trinajstić information content (AvgIpc) is 3.19. The Morgan fingerprint density at radius 2 is 1.73 bits per heavy atom. The molecule has 1 fully saturated rings. The van der Waals surface area contributed by atoms with Crippen LogP contribution in [-0.4, -0.2) is 59.3 Å². The maximum absolute atomic E-state index is 13.1. The lowest BCUT2D eigenvalue weighted by atomic mass is 10.1. The molecule has 1 saturated heterocycles. The molecule has 0 aliphatic carbocycles. The van der Waals surface area contributed by atoms with E-state index in [1.54, 1.807) is 0 Å². The van der Waals surface area contributed by atoms with Gasteiger partial charge in [0.2, 0.25) is 5.91 Å². The molecule has 0 atom stereocenters. The number of thiazole rings is 1. The third kappa shape index (κ3) is 5.43. The Labute approximate surface area is 203 Å². The smallest absolute Gasteiger partial charge is 0.265 e. The molecule has 2 amide bonds. The van der Waals surface area contributed by atoms with Crippen LogP contribution in [0.4, 0.5) is 5.69 Å². The number of rotatable bonds is 5. The molecule has 0 spiro atoms. The van der Waals surface area contributed by atoms with E-state index in [0.29, 0.717) is 42.6 Å². The van der Waals surface area contributed by atoms with E-state index in [2.05, 4.69) is 15.2 Å². The van der Waals surface area contributed by atoms with Crippen LogP contribution in [-0.2, 0) is 4.79 Å². The molecule has 6 nitrogen and oxygen atoms in total. The van der Waals surface area contributed by atoms with E-state index in [0.717, 1.165) is 33.1 Å². The second-order valence-electron chi connectivity index (χ2n) is 8.30. The summed E-state index contributed by atoms with van der Waals surface area (Å²) in [7, 11) is 0. The zero-order valence-electron chi connectivity index (χ0n) is 19.0. The number of amides is 2. The first kappa shape index (κ1) is 23.4. The Kier molecular flexibility index (Phi) is 7.12. The molecular weight excluding hydrogens is 456 g/mol. The van der Waals surface area contributed by atoms with E-state index in [4.69, 9.17) is 11.6 Å². The molecule has 0 unspecified atom stereocenters. The van der Waals surface area contributed by atoms with Crippen LogP contribution >= 0.6 is 22.9 Å². The van der Waals surface area contributed by atoms with Crippen molar-refractivity contribution in [3.63, 3.8) is 0 Å². The second-order valence-corrected chi connectivity index (χ2v) is 9.74. The van der Waals surface area contributed by atoms with Gasteiger partial charge >= 0.3 is 0 Å². The normalized spacial score (nSPS) is 14.4. The summed E-state index contributed by atoms with van der Waals surface area (Å²) in [5.41, 5.74) is 4.78. The molecule has 1 aromatic heterocycles. The minimum Gasteiger partial charge on any atom is -0.335 e. The van der Waals surface area contributed by atoms with Crippen molar-refractivity contribution in [2.45, 2.75) is 20.8 Å². The van der Waals surface area contributed by atoms with Gasteiger partial charge in [0, 0.05) is 42.5 Å². The zero-order valence-corrected chi connectivity index (χ0v) is 20.6. The van der Waals surface area contributed by atoms with E-state index in [-0.39, 0.29) is 11.8 Å². The highest BCUT2D eigenvalue weighted by Crippen LogP contribution is 2.30. The van der Waals surface area contributed by atoms with Crippen molar-refractivity contribution in [3.05, 3.63) is 69.2 Å². The van der Waals surface area contributed by atoms with E-state index >= 15 is 0 Å². The predicted octanol–water partition coefficient (Wildman–Crippen LogP) is 4.79. The van der Waals surface area contributed by atoms with Crippen molar-refractivity contribution in [2.24, 2.45) is 0 Å². The number of carbonyl (C=O) groups excluding carboxylic acids is 2. The number of aromatic nitrogens is 1. The number of nitrogens with zero attached hydrogens (tertiary/aromatic N) is 3. The summed E-state index contributed by atoms with van der Waals surface area (Å²) in [5.74, 6) is -0.0286. The minimum absolute atomic E-state index is 0.00435. The maximum atomic E-state index is 13.1. The molecule has 1 aliphatic heterocycles. The quantitative estimate of drug-likeness (QED) is 0.568. The number of anilines is 1. The molecule has 3 aromatic rings. The second kappa shape index (κ2) is 10.0. The molecule has 0 saturated carbocycles. The highest BCUT2D eigenvalue weighted by atomic mass is 35.5. The number of hydrogen-bond donors (Lipinski definition) is 1. The summed E-state index contributed by atoms with van der Waals surface area (Å²) >= 11 is 7.39. The summed E-state index contributed by atoms with van der Waals surface area (Å²) < 4.78 is 0. The summed E-state index contributed by atoms with van der Waals surface area (Å²) in [6.07, 6.45) is 0. The lowest BCUT2D eigenvalue weighted by Crippen LogP contribution is -2.50. The van der Waals surface area contributed by atoms with Gasteiger partial charge in [0.25, 0.3) is 5.91 Å². The lowest BCUT2D eigenvalue weighted by Gasteiger charge is -2.34. The van der Waals surface area contributed by atoms with Gasteiger partial charge < -0.3 is 10.2 Å². The molecule has 1 aliphatic rings. The number of aryl methyl sites for hydroxylation is 2. The average molecular weight is 483 g/mol. The van der Waals surface area contributed by atoms with E-state index in [9.17, 15) is 9.59 Å². The maximum Gasteiger partial charge on any atom is 0.265 e. The van der Waals surface area contributed by atoms with Gasteiger partial charge in [-0.2, -0.15) is 0 Å². The lowest BCUT2D eigenvalue weighted by molar-refractivity contribution is -0.117. The van der Waals surface area contributed by atoms with Crippen LogP contribution in [0.3, 0.4) is 0 Å². The molecule has 0 radical (unpaired) electrons. The molecule has 172 valence electrons. The van der Waals surface area contributed by atoms with Crippen molar-refractivity contribution < 1.29 is 9.59 Å². The van der Waals surface area contributed by atoms with Gasteiger partial charge in [0.05, 0.1) is 12.2 Å². The number of carbonyl (C=O) groups is 2. The zero-order chi connectivity index (χ0) is 23.5. The van der Waals surface area contributed by atoms with Crippen molar-refractivity contribution in [1.82, 2.24) is 14.8 Å². The Morgan fingerprint density at radius 1 is 1.03 bits per heavy atom. The molecule has 1 N–H and O–H groups in total.